The highest BCUT2D eigenvalue weighted by molar-refractivity contribution is 5.87. The quantitative estimate of drug-likeness (QED) is 0.795. The fourth-order valence-corrected chi connectivity index (χ4v) is 2.05. The Kier molecular flexibility index (Phi) is 3.02. The van der Waals surface area contributed by atoms with E-state index < -0.39 is 23.1 Å². The molecule has 0 saturated heterocycles. The fourth-order valence-electron chi connectivity index (χ4n) is 2.05. The summed E-state index contributed by atoms with van der Waals surface area (Å²) in [6.45, 7) is 0.0413. The van der Waals surface area contributed by atoms with Crippen LogP contribution in [-0.2, 0) is 6.54 Å². The summed E-state index contributed by atoms with van der Waals surface area (Å²) >= 11 is 0. The van der Waals surface area contributed by atoms with Crippen LogP contribution in [0.3, 0.4) is 0 Å². The van der Waals surface area contributed by atoms with Gasteiger partial charge in [-0.3, -0.25) is 4.57 Å². The monoisotopic (exact) mass is 288 g/mol. The van der Waals surface area contributed by atoms with Gasteiger partial charge in [0.2, 0.25) is 0 Å². The first kappa shape index (κ1) is 13.0. The Morgan fingerprint density at radius 2 is 2.19 bits per heavy atom. The van der Waals surface area contributed by atoms with E-state index in [2.05, 4.69) is 4.98 Å². The Morgan fingerprint density at radius 3 is 2.90 bits per heavy atom. The van der Waals surface area contributed by atoms with Crippen molar-refractivity contribution in [3.8, 4) is 0 Å². The number of oxazole rings is 1. The first-order valence-corrected chi connectivity index (χ1v) is 6.02. The number of benzene rings is 1. The second-order valence-electron chi connectivity index (χ2n) is 4.40. The molecule has 1 N–H and O–H groups in total. The second-order valence-corrected chi connectivity index (χ2v) is 4.40. The molecule has 2 heterocycles. The first-order valence-electron chi connectivity index (χ1n) is 6.02. The zero-order valence-corrected chi connectivity index (χ0v) is 10.6. The molecule has 0 aliphatic rings. The maximum atomic E-state index is 13.6. The molecule has 0 aliphatic heterocycles. The van der Waals surface area contributed by atoms with E-state index in [0.29, 0.717) is 16.8 Å². The number of hydrogen-bond acceptors (Lipinski definition) is 4. The normalized spacial score (nSPS) is 10.9. The van der Waals surface area contributed by atoms with Gasteiger partial charge in [0.05, 0.1) is 12.1 Å². The molecule has 0 fully saturated rings. The van der Waals surface area contributed by atoms with Crippen LogP contribution in [-0.4, -0.2) is 20.6 Å². The molecule has 0 spiro atoms. The molecule has 0 saturated carbocycles. The van der Waals surface area contributed by atoms with Crippen LogP contribution in [0.4, 0.5) is 4.39 Å². The number of nitrogens with zero attached hydrogens (tertiary/aromatic N) is 2. The Labute approximate surface area is 117 Å². The van der Waals surface area contributed by atoms with Crippen molar-refractivity contribution in [2.24, 2.45) is 0 Å². The van der Waals surface area contributed by atoms with Crippen molar-refractivity contribution in [2.75, 3.05) is 0 Å². The van der Waals surface area contributed by atoms with Gasteiger partial charge in [0.15, 0.2) is 11.2 Å². The Balaban J connectivity index is 2.03. The van der Waals surface area contributed by atoms with Crippen LogP contribution in [0.5, 0.6) is 0 Å². The Bertz CT molecular complexity index is 897. The topological polar surface area (TPSA) is 85.3 Å². The molecule has 1 aromatic carbocycles. The number of pyridine rings is 1. The SMILES string of the molecule is O=C(O)c1ccc(Cn2c(=O)oc3cccnc32)cc1F. The minimum atomic E-state index is -1.34. The van der Waals surface area contributed by atoms with Gasteiger partial charge in [0.25, 0.3) is 0 Å². The minimum absolute atomic E-state index is 0.0413. The lowest BCUT2D eigenvalue weighted by atomic mass is 10.1. The number of carboxylic acid groups (broad SMARTS) is 1. The molecular formula is C14H9FN2O4. The fraction of sp³-hybridized carbons (Fsp3) is 0.0714. The van der Waals surface area contributed by atoms with E-state index in [4.69, 9.17) is 9.52 Å². The molecule has 0 radical (unpaired) electrons. The highest BCUT2D eigenvalue weighted by Gasteiger charge is 2.13. The van der Waals surface area contributed by atoms with Gasteiger partial charge in [-0.25, -0.2) is 19.0 Å². The van der Waals surface area contributed by atoms with Crippen molar-refractivity contribution in [1.29, 1.82) is 0 Å². The van der Waals surface area contributed by atoms with Crippen molar-refractivity contribution < 1.29 is 18.7 Å². The molecule has 21 heavy (non-hydrogen) atoms. The first-order chi connectivity index (χ1) is 10.1. The van der Waals surface area contributed by atoms with Gasteiger partial charge in [-0.2, -0.15) is 0 Å². The molecule has 106 valence electrons. The van der Waals surface area contributed by atoms with Gasteiger partial charge in [-0.15, -0.1) is 0 Å². The number of aromatic nitrogens is 2. The molecule has 3 aromatic rings. The van der Waals surface area contributed by atoms with E-state index in [1.807, 2.05) is 0 Å². The maximum Gasteiger partial charge on any atom is 0.421 e. The van der Waals surface area contributed by atoms with Crippen molar-refractivity contribution in [3.63, 3.8) is 0 Å². The van der Waals surface area contributed by atoms with Crippen molar-refractivity contribution in [3.05, 3.63) is 64.0 Å². The zero-order chi connectivity index (χ0) is 15.0. The number of aromatic carboxylic acids is 1. The molecule has 6 nitrogen and oxygen atoms in total. The summed E-state index contributed by atoms with van der Waals surface area (Å²) < 4.78 is 19.9. The average Bonchev–Trinajstić information content (AvgIpc) is 2.75. The zero-order valence-electron chi connectivity index (χ0n) is 10.6. The lowest BCUT2D eigenvalue weighted by Crippen LogP contribution is -2.15. The third kappa shape index (κ3) is 2.29. The van der Waals surface area contributed by atoms with Crippen LogP contribution < -0.4 is 5.76 Å². The molecular weight excluding hydrogens is 279 g/mol. The van der Waals surface area contributed by atoms with Crippen LogP contribution in [0.1, 0.15) is 15.9 Å². The maximum absolute atomic E-state index is 13.6. The number of fused-ring (bicyclic) bond motifs is 1. The predicted octanol–water partition coefficient (Wildman–Crippen LogP) is 1.88. The summed E-state index contributed by atoms with van der Waals surface area (Å²) in [6, 6.07) is 6.93. The largest absolute Gasteiger partial charge is 0.478 e. The van der Waals surface area contributed by atoms with Crippen LogP contribution >= 0.6 is 0 Å². The van der Waals surface area contributed by atoms with Gasteiger partial charge in [-0.05, 0) is 29.8 Å². The van der Waals surface area contributed by atoms with Crippen LogP contribution in [0.15, 0.2) is 45.7 Å². The van der Waals surface area contributed by atoms with Crippen LogP contribution in [0.25, 0.3) is 11.2 Å². The number of carboxylic acids is 1. The summed E-state index contributed by atoms with van der Waals surface area (Å²) in [5.41, 5.74) is 0.713. The minimum Gasteiger partial charge on any atom is -0.478 e. The molecule has 0 amide bonds. The van der Waals surface area contributed by atoms with Gasteiger partial charge >= 0.3 is 11.7 Å². The van der Waals surface area contributed by atoms with Crippen LogP contribution in [0, 0.1) is 5.82 Å². The average molecular weight is 288 g/mol. The molecule has 0 bridgehead atoms. The van der Waals surface area contributed by atoms with Gasteiger partial charge in [0, 0.05) is 6.20 Å². The molecule has 7 heteroatoms. The third-order valence-corrected chi connectivity index (χ3v) is 3.03. The lowest BCUT2D eigenvalue weighted by molar-refractivity contribution is 0.0692. The van der Waals surface area contributed by atoms with E-state index >= 15 is 0 Å². The van der Waals surface area contributed by atoms with Crippen LogP contribution in [0.2, 0.25) is 0 Å². The van der Waals surface area contributed by atoms with E-state index in [0.717, 1.165) is 12.1 Å². The van der Waals surface area contributed by atoms with Crippen molar-refractivity contribution >= 4 is 17.2 Å². The molecule has 0 aliphatic carbocycles. The highest BCUT2D eigenvalue weighted by Crippen LogP contribution is 2.14. The summed E-state index contributed by atoms with van der Waals surface area (Å²) in [4.78, 5) is 26.6. The van der Waals surface area contributed by atoms with E-state index in [9.17, 15) is 14.0 Å². The summed E-state index contributed by atoms with van der Waals surface area (Å²) in [7, 11) is 0. The second kappa shape index (κ2) is 4.86. The summed E-state index contributed by atoms with van der Waals surface area (Å²) in [5.74, 6) is -2.80. The highest BCUT2D eigenvalue weighted by atomic mass is 19.1. The third-order valence-electron chi connectivity index (χ3n) is 3.03. The predicted molar refractivity (Wildman–Crippen MR) is 70.7 cm³/mol. The van der Waals surface area contributed by atoms with E-state index in [1.54, 1.807) is 12.1 Å². The van der Waals surface area contributed by atoms with E-state index in [1.165, 1.54) is 16.8 Å². The molecule has 3 rings (SSSR count). The number of carbonyl (C=O) groups is 1. The Hall–Kier alpha value is -2.96. The number of rotatable bonds is 3. The Morgan fingerprint density at radius 1 is 1.38 bits per heavy atom. The van der Waals surface area contributed by atoms with E-state index in [-0.39, 0.29) is 6.54 Å². The smallest absolute Gasteiger partial charge is 0.421 e. The summed E-state index contributed by atoms with van der Waals surface area (Å²) in [5, 5.41) is 8.78. The van der Waals surface area contributed by atoms with Gasteiger partial charge < -0.3 is 9.52 Å². The van der Waals surface area contributed by atoms with Gasteiger partial charge in [-0.1, -0.05) is 6.07 Å². The number of halogens is 1. The van der Waals surface area contributed by atoms with Crippen molar-refractivity contribution in [2.45, 2.75) is 6.54 Å². The molecule has 2 aromatic heterocycles. The number of hydrogen-bond donors (Lipinski definition) is 1. The van der Waals surface area contributed by atoms with Crippen molar-refractivity contribution in [1.82, 2.24) is 9.55 Å². The van der Waals surface area contributed by atoms with Gasteiger partial charge in [0.1, 0.15) is 5.82 Å². The lowest BCUT2D eigenvalue weighted by Gasteiger charge is -2.04. The standard InChI is InChI=1S/C14H9FN2O4/c15-10-6-8(3-4-9(10)13(18)19)7-17-12-11(21-14(17)20)2-1-5-16-12/h1-6H,7H2,(H,18,19). The molecule has 0 atom stereocenters. The summed E-state index contributed by atoms with van der Waals surface area (Å²) in [6.07, 6.45) is 1.52. The molecule has 0 unspecified atom stereocenters.